The molecule has 1 atom stereocenters. The fourth-order valence-electron chi connectivity index (χ4n) is 4.07. The molecular weight excluding hydrogens is 452 g/mol. The number of primary amides is 1. The van der Waals surface area contributed by atoms with Crippen LogP contribution in [0.15, 0.2) is 35.8 Å². The molecule has 1 aliphatic heterocycles. The van der Waals surface area contributed by atoms with Crippen molar-refractivity contribution in [3.63, 3.8) is 0 Å². The maximum atomic E-state index is 14.4. The number of piperidine rings is 1. The Hall–Kier alpha value is -2.95. The molecule has 0 radical (unpaired) electrons. The molecule has 1 aliphatic rings. The van der Waals surface area contributed by atoms with Gasteiger partial charge in [-0.25, -0.2) is 13.8 Å². The van der Waals surface area contributed by atoms with Crippen molar-refractivity contribution in [1.82, 2.24) is 9.97 Å². The van der Waals surface area contributed by atoms with Gasteiger partial charge in [0.1, 0.15) is 22.3 Å². The first kappa shape index (κ1) is 20.9. The molecule has 6 nitrogen and oxygen atoms in total. The topological polar surface area (TPSA) is 98.1 Å². The van der Waals surface area contributed by atoms with E-state index in [0.717, 1.165) is 58.8 Å². The van der Waals surface area contributed by atoms with Crippen molar-refractivity contribution in [3.8, 4) is 21.0 Å². The van der Waals surface area contributed by atoms with Crippen molar-refractivity contribution in [3.05, 3.63) is 53.2 Å². The SMILES string of the molecule is NC(=O)c1nc(-c2c(F)cccc2F)sc1-c1cnc2ccsc2c1N1CCC[C@H](N)C1. The third-order valence-corrected chi connectivity index (χ3v) is 7.52. The van der Waals surface area contributed by atoms with Gasteiger partial charge in [-0.3, -0.25) is 9.78 Å². The van der Waals surface area contributed by atoms with Crippen LogP contribution < -0.4 is 16.4 Å². The Morgan fingerprint density at radius 1 is 1.22 bits per heavy atom. The third kappa shape index (κ3) is 3.54. The van der Waals surface area contributed by atoms with E-state index in [4.69, 9.17) is 11.5 Å². The largest absolute Gasteiger partial charge is 0.368 e. The van der Waals surface area contributed by atoms with Gasteiger partial charge in [0.05, 0.1) is 26.3 Å². The van der Waals surface area contributed by atoms with Crippen LogP contribution in [0.3, 0.4) is 0 Å². The molecule has 0 aliphatic carbocycles. The van der Waals surface area contributed by atoms with Gasteiger partial charge in [0, 0.05) is 30.9 Å². The molecule has 4 aromatic rings. The lowest BCUT2D eigenvalue weighted by molar-refractivity contribution is 0.0997. The monoisotopic (exact) mass is 471 g/mol. The maximum Gasteiger partial charge on any atom is 0.268 e. The molecule has 4 heterocycles. The Bertz CT molecular complexity index is 1320. The lowest BCUT2D eigenvalue weighted by Crippen LogP contribution is -2.43. The van der Waals surface area contributed by atoms with E-state index in [1.807, 2.05) is 11.4 Å². The van der Waals surface area contributed by atoms with Crippen molar-refractivity contribution < 1.29 is 13.6 Å². The normalized spacial score (nSPS) is 16.6. The number of halogens is 2. The van der Waals surface area contributed by atoms with Gasteiger partial charge in [-0.05, 0) is 36.4 Å². The summed E-state index contributed by atoms with van der Waals surface area (Å²) in [6.45, 7) is 1.46. The van der Waals surface area contributed by atoms with Gasteiger partial charge in [0.15, 0.2) is 0 Å². The van der Waals surface area contributed by atoms with Crippen LogP contribution in [0.4, 0.5) is 14.5 Å². The fraction of sp³-hybridized carbons (Fsp3) is 0.227. The van der Waals surface area contributed by atoms with Crippen LogP contribution in [-0.4, -0.2) is 35.0 Å². The van der Waals surface area contributed by atoms with E-state index < -0.39 is 17.5 Å². The Morgan fingerprint density at radius 3 is 2.72 bits per heavy atom. The van der Waals surface area contributed by atoms with Crippen LogP contribution in [0.25, 0.3) is 31.2 Å². The molecule has 4 N–H and O–H groups in total. The molecule has 32 heavy (non-hydrogen) atoms. The second kappa shape index (κ2) is 8.19. The standard InChI is InChI=1S/C22H19F2N5OS2/c23-13-4-1-5-14(24)16(13)22-28-17(21(26)30)19(32-22)12-9-27-15-6-8-31-20(15)18(12)29-7-2-3-11(25)10-29/h1,4-6,8-9,11H,2-3,7,10,25H2,(H2,26,30)/t11-/m0/s1. The summed E-state index contributed by atoms with van der Waals surface area (Å²) in [5, 5.41) is 2.01. The van der Waals surface area contributed by atoms with Crippen molar-refractivity contribution >= 4 is 44.5 Å². The third-order valence-electron chi connectivity index (χ3n) is 5.50. The van der Waals surface area contributed by atoms with E-state index in [2.05, 4.69) is 14.9 Å². The van der Waals surface area contributed by atoms with Gasteiger partial charge in [-0.15, -0.1) is 22.7 Å². The summed E-state index contributed by atoms with van der Waals surface area (Å²) in [7, 11) is 0. The van der Waals surface area contributed by atoms with Crippen molar-refractivity contribution in [2.45, 2.75) is 18.9 Å². The van der Waals surface area contributed by atoms with Gasteiger partial charge < -0.3 is 16.4 Å². The number of carbonyl (C=O) groups excluding carboxylic acids is 1. The quantitative estimate of drug-likeness (QED) is 0.460. The minimum atomic E-state index is -0.771. The van der Waals surface area contributed by atoms with Gasteiger partial charge in [0.25, 0.3) is 5.91 Å². The maximum absolute atomic E-state index is 14.4. The van der Waals surface area contributed by atoms with E-state index in [0.29, 0.717) is 17.0 Å². The summed E-state index contributed by atoms with van der Waals surface area (Å²) in [6, 6.07) is 5.55. The molecule has 0 saturated carbocycles. The van der Waals surface area contributed by atoms with Crippen LogP contribution in [0, 0.1) is 11.6 Å². The highest BCUT2D eigenvalue weighted by Gasteiger charge is 2.28. The van der Waals surface area contributed by atoms with E-state index in [-0.39, 0.29) is 22.3 Å². The summed E-state index contributed by atoms with van der Waals surface area (Å²) in [5.41, 5.74) is 13.9. The number of thiazole rings is 1. The molecule has 0 bridgehead atoms. The zero-order valence-corrected chi connectivity index (χ0v) is 18.5. The number of pyridine rings is 1. The molecule has 3 aromatic heterocycles. The summed E-state index contributed by atoms with van der Waals surface area (Å²) in [6.07, 6.45) is 3.55. The molecule has 164 valence electrons. The van der Waals surface area contributed by atoms with Crippen molar-refractivity contribution in [1.29, 1.82) is 0 Å². The highest BCUT2D eigenvalue weighted by molar-refractivity contribution is 7.19. The Morgan fingerprint density at radius 2 is 2.00 bits per heavy atom. The molecule has 1 aromatic carbocycles. The number of carbonyl (C=O) groups is 1. The molecule has 10 heteroatoms. The van der Waals surface area contributed by atoms with Crippen LogP contribution in [-0.2, 0) is 0 Å². The molecule has 0 spiro atoms. The van der Waals surface area contributed by atoms with Crippen molar-refractivity contribution in [2.75, 3.05) is 18.0 Å². The molecule has 5 rings (SSSR count). The zero-order valence-electron chi connectivity index (χ0n) is 16.8. The van der Waals surface area contributed by atoms with Gasteiger partial charge in [0.2, 0.25) is 0 Å². The van der Waals surface area contributed by atoms with E-state index in [1.165, 1.54) is 6.07 Å². The molecule has 1 saturated heterocycles. The predicted molar refractivity (Wildman–Crippen MR) is 124 cm³/mol. The highest BCUT2D eigenvalue weighted by Crippen LogP contribution is 2.45. The predicted octanol–water partition coefficient (Wildman–Crippen LogP) is 4.39. The van der Waals surface area contributed by atoms with Crippen LogP contribution in [0.5, 0.6) is 0 Å². The van der Waals surface area contributed by atoms with Gasteiger partial charge in [-0.1, -0.05) is 6.07 Å². The number of benzene rings is 1. The van der Waals surface area contributed by atoms with Gasteiger partial charge in [-0.2, -0.15) is 0 Å². The summed E-state index contributed by atoms with van der Waals surface area (Å²) >= 11 is 2.57. The number of thiophene rings is 1. The minimum Gasteiger partial charge on any atom is -0.368 e. The smallest absolute Gasteiger partial charge is 0.268 e. The minimum absolute atomic E-state index is 0.0277. The first-order valence-corrected chi connectivity index (χ1v) is 11.8. The van der Waals surface area contributed by atoms with E-state index >= 15 is 0 Å². The lowest BCUT2D eigenvalue weighted by Gasteiger charge is -2.34. The number of anilines is 1. The van der Waals surface area contributed by atoms with E-state index in [1.54, 1.807) is 17.5 Å². The molecule has 0 unspecified atom stereocenters. The first-order valence-electron chi connectivity index (χ1n) is 10.1. The highest BCUT2D eigenvalue weighted by atomic mass is 32.1. The number of nitrogens with zero attached hydrogens (tertiary/aromatic N) is 3. The summed E-state index contributed by atoms with van der Waals surface area (Å²) < 4.78 is 29.8. The number of rotatable bonds is 4. The fourth-order valence-corrected chi connectivity index (χ4v) is 6.13. The summed E-state index contributed by atoms with van der Waals surface area (Å²) in [5.74, 6) is -2.28. The Labute approximate surface area is 190 Å². The number of amides is 1. The average molecular weight is 472 g/mol. The van der Waals surface area contributed by atoms with Crippen LogP contribution in [0.1, 0.15) is 23.3 Å². The van der Waals surface area contributed by atoms with Crippen LogP contribution >= 0.6 is 22.7 Å². The molecule has 1 amide bonds. The van der Waals surface area contributed by atoms with Gasteiger partial charge >= 0.3 is 0 Å². The number of hydrogen-bond donors (Lipinski definition) is 2. The zero-order chi connectivity index (χ0) is 22.4. The average Bonchev–Trinajstić information content (AvgIpc) is 3.40. The van der Waals surface area contributed by atoms with E-state index in [9.17, 15) is 13.6 Å². The van der Waals surface area contributed by atoms with Crippen molar-refractivity contribution in [2.24, 2.45) is 11.5 Å². The number of hydrogen-bond acceptors (Lipinski definition) is 7. The lowest BCUT2D eigenvalue weighted by atomic mass is 10.0. The second-order valence-electron chi connectivity index (χ2n) is 7.66. The first-order chi connectivity index (χ1) is 15.4. The summed E-state index contributed by atoms with van der Waals surface area (Å²) in [4.78, 5) is 23.7. The Balaban J connectivity index is 1.75. The second-order valence-corrected chi connectivity index (χ2v) is 9.58. The molecule has 1 fully saturated rings. The number of aromatic nitrogens is 2. The molecular formula is C22H19F2N5OS2. The Kier molecular flexibility index (Phi) is 5.36. The number of fused-ring (bicyclic) bond motifs is 1. The van der Waals surface area contributed by atoms with Crippen LogP contribution in [0.2, 0.25) is 0 Å². The number of nitrogens with two attached hydrogens (primary N) is 2.